The van der Waals surface area contributed by atoms with E-state index in [1.54, 1.807) is 23.5 Å². The Morgan fingerprint density at radius 2 is 2.16 bits per heavy atom. The maximum absolute atomic E-state index is 12.9. The Labute approximate surface area is 146 Å². The van der Waals surface area contributed by atoms with Gasteiger partial charge in [0, 0.05) is 26.7 Å². The molecule has 0 saturated carbocycles. The van der Waals surface area contributed by atoms with Crippen molar-refractivity contribution in [3.8, 4) is 5.75 Å². The van der Waals surface area contributed by atoms with E-state index in [2.05, 4.69) is 16.0 Å². The third-order valence-electron chi connectivity index (χ3n) is 4.94. The number of hydrogen-bond acceptors (Lipinski definition) is 4. The lowest BCUT2D eigenvalue weighted by atomic mass is 10.0. The molecule has 0 radical (unpaired) electrons. The molecule has 2 atom stereocenters. The largest absolute Gasteiger partial charge is 0.488 e. The highest BCUT2D eigenvalue weighted by atomic mass is 16.5. The molecule has 3 heterocycles. The van der Waals surface area contributed by atoms with E-state index in [-0.39, 0.29) is 18.1 Å². The molecule has 0 N–H and O–H groups in total. The van der Waals surface area contributed by atoms with Crippen LogP contribution in [0.4, 0.5) is 0 Å². The minimum atomic E-state index is -0.0768. The molecule has 0 unspecified atom stereocenters. The summed E-state index contributed by atoms with van der Waals surface area (Å²) in [6.07, 6.45) is 4.08. The number of imidazole rings is 1. The van der Waals surface area contributed by atoms with Gasteiger partial charge >= 0.3 is 0 Å². The second-order valence-electron chi connectivity index (χ2n) is 6.55. The van der Waals surface area contributed by atoms with Crippen molar-refractivity contribution in [2.75, 3.05) is 7.05 Å². The van der Waals surface area contributed by atoms with Gasteiger partial charge in [-0.25, -0.2) is 9.97 Å². The lowest BCUT2D eigenvalue weighted by molar-refractivity contribution is 0.0598. The quantitative estimate of drug-likeness (QED) is 0.737. The van der Waals surface area contributed by atoms with Gasteiger partial charge in [0.25, 0.3) is 5.91 Å². The molecular weight excluding hydrogens is 316 g/mol. The highest BCUT2D eigenvalue weighted by Crippen LogP contribution is 2.30. The van der Waals surface area contributed by atoms with Crippen molar-refractivity contribution in [3.63, 3.8) is 0 Å². The Hall–Kier alpha value is -2.89. The fraction of sp³-hybridized carbons (Fsp3) is 0.316. The predicted molar refractivity (Wildman–Crippen MR) is 94.6 cm³/mol. The summed E-state index contributed by atoms with van der Waals surface area (Å²) in [5.74, 6) is 0.837. The number of fused-ring (bicyclic) bond motifs is 2. The summed E-state index contributed by atoms with van der Waals surface area (Å²) in [5.41, 5.74) is 3.22. The number of benzene rings is 1. The number of likely N-dealkylation sites (N-methyl/N-ethyl adjacent to an activating group) is 1. The minimum Gasteiger partial charge on any atom is -0.488 e. The number of pyridine rings is 1. The highest BCUT2D eigenvalue weighted by molar-refractivity contribution is 5.96. The van der Waals surface area contributed by atoms with Crippen molar-refractivity contribution in [2.24, 2.45) is 7.05 Å². The molecule has 1 aliphatic rings. The first-order valence-electron chi connectivity index (χ1n) is 8.33. The smallest absolute Gasteiger partial charge is 0.255 e. The molecule has 1 aliphatic heterocycles. The van der Waals surface area contributed by atoms with Gasteiger partial charge in [-0.1, -0.05) is 18.2 Å². The Morgan fingerprint density at radius 1 is 1.36 bits per heavy atom. The lowest BCUT2D eigenvalue weighted by Gasteiger charge is -2.29. The fourth-order valence-corrected chi connectivity index (χ4v) is 3.25. The number of nitrogens with zero attached hydrogens (tertiary/aromatic N) is 4. The summed E-state index contributed by atoms with van der Waals surface area (Å²) in [7, 11) is 3.69. The maximum Gasteiger partial charge on any atom is 0.255 e. The molecule has 0 fully saturated rings. The van der Waals surface area contributed by atoms with Gasteiger partial charge in [0.05, 0.1) is 17.9 Å². The molecule has 4 rings (SSSR count). The van der Waals surface area contributed by atoms with Crippen LogP contribution in [0.2, 0.25) is 0 Å². The van der Waals surface area contributed by atoms with E-state index in [4.69, 9.17) is 4.74 Å². The SMILES string of the molecule is C[C@@H]([C@@H]1Cc2ccccc2O1)N(C)C(=O)c1cnc2c(c1)ncn2C. The van der Waals surface area contributed by atoms with Crippen LogP contribution in [-0.4, -0.2) is 44.5 Å². The average molecular weight is 336 g/mol. The van der Waals surface area contributed by atoms with E-state index in [1.807, 2.05) is 43.8 Å². The van der Waals surface area contributed by atoms with Crippen molar-refractivity contribution in [2.45, 2.75) is 25.5 Å². The van der Waals surface area contributed by atoms with Crippen LogP contribution in [0.3, 0.4) is 0 Å². The van der Waals surface area contributed by atoms with Crippen LogP contribution in [0.1, 0.15) is 22.8 Å². The predicted octanol–water partition coefficient (Wildman–Crippen LogP) is 2.43. The lowest BCUT2D eigenvalue weighted by Crippen LogP contribution is -2.44. The Balaban J connectivity index is 1.53. The Bertz CT molecular complexity index is 925. The number of hydrogen-bond donors (Lipinski definition) is 0. The van der Waals surface area contributed by atoms with E-state index >= 15 is 0 Å². The molecule has 0 spiro atoms. The van der Waals surface area contributed by atoms with Gasteiger partial charge in [-0.15, -0.1) is 0 Å². The molecule has 6 heteroatoms. The number of ether oxygens (including phenoxy) is 1. The van der Waals surface area contributed by atoms with Crippen molar-refractivity contribution in [1.82, 2.24) is 19.4 Å². The number of rotatable bonds is 3. The third-order valence-corrected chi connectivity index (χ3v) is 4.94. The van der Waals surface area contributed by atoms with Crippen LogP contribution < -0.4 is 4.74 Å². The first-order chi connectivity index (χ1) is 12.0. The summed E-state index contributed by atoms with van der Waals surface area (Å²) >= 11 is 0. The molecule has 0 aliphatic carbocycles. The van der Waals surface area contributed by atoms with Crippen LogP contribution >= 0.6 is 0 Å². The van der Waals surface area contributed by atoms with Gasteiger partial charge < -0.3 is 14.2 Å². The van der Waals surface area contributed by atoms with Gasteiger partial charge in [0.15, 0.2) is 5.65 Å². The van der Waals surface area contributed by atoms with E-state index in [0.29, 0.717) is 5.56 Å². The van der Waals surface area contributed by atoms with Crippen molar-refractivity contribution in [3.05, 3.63) is 54.0 Å². The molecule has 25 heavy (non-hydrogen) atoms. The molecule has 0 bridgehead atoms. The highest BCUT2D eigenvalue weighted by Gasteiger charge is 2.32. The average Bonchev–Trinajstić information content (AvgIpc) is 3.23. The number of aromatic nitrogens is 3. The minimum absolute atomic E-state index is 0.0436. The Kier molecular flexibility index (Phi) is 3.67. The zero-order valence-electron chi connectivity index (χ0n) is 14.5. The normalized spacial score (nSPS) is 17.2. The molecule has 6 nitrogen and oxygen atoms in total. The van der Waals surface area contributed by atoms with Crippen LogP contribution in [0.25, 0.3) is 11.2 Å². The number of carbonyl (C=O) groups is 1. The van der Waals surface area contributed by atoms with Gasteiger partial charge in [-0.3, -0.25) is 4.79 Å². The molecule has 0 saturated heterocycles. The van der Waals surface area contributed by atoms with E-state index in [9.17, 15) is 4.79 Å². The molecule has 128 valence electrons. The first-order valence-corrected chi connectivity index (χ1v) is 8.33. The van der Waals surface area contributed by atoms with Crippen LogP contribution in [-0.2, 0) is 13.5 Å². The third kappa shape index (κ3) is 2.63. The van der Waals surface area contributed by atoms with Crippen molar-refractivity contribution >= 4 is 17.1 Å². The first kappa shape index (κ1) is 15.6. The number of aryl methyl sites for hydroxylation is 1. The van der Waals surface area contributed by atoms with Crippen molar-refractivity contribution in [1.29, 1.82) is 0 Å². The zero-order chi connectivity index (χ0) is 17.6. The van der Waals surface area contributed by atoms with Crippen LogP contribution in [0.15, 0.2) is 42.9 Å². The Morgan fingerprint density at radius 3 is 2.96 bits per heavy atom. The van der Waals surface area contributed by atoms with Gasteiger partial charge in [-0.2, -0.15) is 0 Å². The second kappa shape index (κ2) is 5.88. The summed E-state index contributed by atoms with van der Waals surface area (Å²) in [6.45, 7) is 2.02. The van der Waals surface area contributed by atoms with Gasteiger partial charge in [0.1, 0.15) is 17.4 Å². The summed E-state index contributed by atoms with van der Waals surface area (Å²) < 4.78 is 7.86. The fourth-order valence-electron chi connectivity index (χ4n) is 3.25. The molecule has 3 aromatic rings. The topological polar surface area (TPSA) is 60.2 Å². The summed E-state index contributed by atoms with van der Waals surface area (Å²) in [6, 6.07) is 9.76. The monoisotopic (exact) mass is 336 g/mol. The van der Waals surface area contributed by atoms with E-state index < -0.39 is 0 Å². The summed E-state index contributed by atoms with van der Waals surface area (Å²) in [5, 5.41) is 0. The molecule has 2 aromatic heterocycles. The van der Waals surface area contributed by atoms with Crippen LogP contribution in [0.5, 0.6) is 5.75 Å². The van der Waals surface area contributed by atoms with Gasteiger partial charge in [-0.05, 0) is 24.6 Å². The second-order valence-corrected chi connectivity index (χ2v) is 6.55. The number of amides is 1. The molecular formula is C19H20N4O2. The summed E-state index contributed by atoms with van der Waals surface area (Å²) in [4.78, 5) is 23.2. The van der Waals surface area contributed by atoms with E-state index in [1.165, 1.54) is 5.56 Å². The molecule has 1 amide bonds. The maximum atomic E-state index is 12.9. The number of carbonyl (C=O) groups excluding carboxylic acids is 1. The molecule has 1 aromatic carbocycles. The van der Waals surface area contributed by atoms with E-state index in [0.717, 1.165) is 23.3 Å². The van der Waals surface area contributed by atoms with Crippen LogP contribution in [0, 0.1) is 0 Å². The zero-order valence-corrected chi connectivity index (χ0v) is 14.5. The van der Waals surface area contributed by atoms with Crippen molar-refractivity contribution < 1.29 is 9.53 Å². The van der Waals surface area contributed by atoms with Gasteiger partial charge in [0.2, 0.25) is 0 Å². The number of para-hydroxylation sites is 1. The standard InChI is InChI=1S/C19H20N4O2/c1-12(17-9-13-6-4-5-7-16(13)25-17)23(3)19(24)14-8-15-18(20-10-14)22(2)11-21-15/h4-8,10-12,17H,9H2,1-3H3/t12-,17-/m0/s1.